The molecule has 0 radical (unpaired) electrons. The third-order valence-electron chi connectivity index (χ3n) is 3.39. The third-order valence-corrected chi connectivity index (χ3v) is 3.39. The van der Waals surface area contributed by atoms with Crippen molar-refractivity contribution in [2.75, 3.05) is 32.1 Å². The Balaban J connectivity index is 1.83. The SMILES string of the molecule is CC1(C)COCCN1C(=O)CCOc1cccc(N)c1. The van der Waals surface area contributed by atoms with Crippen molar-refractivity contribution in [1.82, 2.24) is 4.90 Å². The number of hydrogen-bond acceptors (Lipinski definition) is 4. The van der Waals surface area contributed by atoms with Crippen LogP contribution in [-0.4, -0.2) is 42.7 Å². The molecule has 0 spiro atoms. The van der Waals surface area contributed by atoms with Crippen LogP contribution < -0.4 is 10.5 Å². The van der Waals surface area contributed by atoms with Crippen LogP contribution in [0.5, 0.6) is 5.75 Å². The molecule has 0 unspecified atom stereocenters. The van der Waals surface area contributed by atoms with Gasteiger partial charge in [-0.1, -0.05) is 6.07 Å². The molecule has 0 bridgehead atoms. The van der Waals surface area contributed by atoms with Gasteiger partial charge in [0.1, 0.15) is 5.75 Å². The second kappa shape index (κ2) is 6.13. The topological polar surface area (TPSA) is 64.8 Å². The van der Waals surface area contributed by atoms with E-state index in [9.17, 15) is 4.79 Å². The molecule has 1 aliphatic heterocycles. The van der Waals surface area contributed by atoms with Gasteiger partial charge < -0.3 is 20.1 Å². The second-order valence-corrected chi connectivity index (χ2v) is 5.58. The summed E-state index contributed by atoms with van der Waals surface area (Å²) >= 11 is 0. The number of anilines is 1. The molecular weight excluding hydrogens is 256 g/mol. The minimum absolute atomic E-state index is 0.0993. The maximum Gasteiger partial charge on any atom is 0.226 e. The first-order valence-corrected chi connectivity index (χ1v) is 6.85. The normalized spacial score (nSPS) is 17.8. The van der Waals surface area contributed by atoms with Gasteiger partial charge in [0.2, 0.25) is 5.91 Å². The van der Waals surface area contributed by atoms with Crippen LogP contribution in [0.4, 0.5) is 5.69 Å². The van der Waals surface area contributed by atoms with Crippen LogP contribution in [0.3, 0.4) is 0 Å². The van der Waals surface area contributed by atoms with Crippen LogP contribution in [0, 0.1) is 0 Å². The quantitative estimate of drug-likeness (QED) is 0.851. The van der Waals surface area contributed by atoms with Crippen molar-refractivity contribution in [3.63, 3.8) is 0 Å². The predicted molar refractivity (Wildman–Crippen MR) is 77.6 cm³/mol. The van der Waals surface area contributed by atoms with Crippen molar-refractivity contribution in [2.24, 2.45) is 0 Å². The molecule has 0 atom stereocenters. The zero-order chi connectivity index (χ0) is 14.6. The van der Waals surface area contributed by atoms with E-state index in [0.29, 0.717) is 44.2 Å². The van der Waals surface area contributed by atoms with E-state index >= 15 is 0 Å². The molecule has 1 amide bonds. The predicted octanol–water partition coefficient (Wildman–Crippen LogP) is 1.68. The number of hydrogen-bond donors (Lipinski definition) is 1. The van der Waals surface area contributed by atoms with Crippen molar-refractivity contribution in [2.45, 2.75) is 25.8 Å². The summed E-state index contributed by atoms with van der Waals surface area (Å²) in [5.41, 5.74) is 6.09. The highest BCUT2D eigenvalue weighted by atomic mass is 16.5. The summed E-state index contributed by atoms with van der Waals surface area (Å²) in [6, 6.07) is 7.22. The average Bonchev–Trinajstić information content (AvgIpc) is 2.38. The van der Waals surface area contributed by atoms with Crippen LogP contribution in [0.25, 0.3) is 0 Å². The summed E-state index contributed by atoms with van der Waals surface area (Å²) in [6.07, 6.45) is 0.359. The van der Waals surface area contributed by atoms with E-state index in [1.165, 1.54) is 0 Å². The molecule has 0 aliphatic carbocycles. The maximum atomic E-state index is 12.2. The first-order valence-electron chi connectivity index (χ1n) is 6.85. The van der Waals surface area contributed by atoms with E-state index in [0.717, 1.165) is 0 Å². The Morgan fingerprint density at radius 3 is 3.00 bits per heavy atom. The molecule has 5 nitrogen and oxygen atoms in total. The summed E-state index contributed by atoms with van der Waals surface area (Å²) in [4.78, 5) is 14.1. The van der Waals surface area contributed by atoms with Gasteiger partial charge in [-0.3, -0.25) is 4.79 Å². The third kappa shape index (κ3) is 3.63. The summed E-state index contributed by atoms with van der Waals surface area (Å²) in [6.45, 7) is 6.21. The van der Waals surface area contributed by atoms with E-state index in [2.05, 4.69) is 0 Å². The second-order valence-electron chi connectivity index (χ2n) is 5.58. The number of nitrogens with two attached hydrogens (primary N) is 1. The molecule has 1 fully saturated rings. The first-order chi connectivity index (χ1) is 9.49. The van der Waals surface area contributed by atoms with Crippen molar-refractivity contribution in [1.29, 1.82) is 0 Å². The van der Waals surface area contributed by atoms with E-state index in [-0.39, 0.29) is 11.4 Å². The fraction of sp³-hybridized carbons (Fsp3) is 0.533. The van der Waals surface area contributed by atoms with Gasteiger partial charge in [-0.25, -0.2) is 0 Å². The molecule has 2 N–H and O–H groups in total. The fourth-order valence-corrected chi connectivity index (χ4v) is 2.32. The molecule has 1 heterocycles. The number of nitrogen functional groups attached to an aromatic ring is 1. The highest BCUT2D eigenvalue weighted by Crippen LogP contribution is 2.20. The molecule has 1 aromatic rings. The Morgan fingerprint density at radius 1 is 1.50 bits per heavy atom. The van der Waals surface area contributed by atoms with Crippen molar-refractivity contribution in [3.05, 3.63) is 24.3 Å². The zero-order valence-corrected chi connectivity index (χ0v) is 12.1. The minimum Gasteiger partial charge on any atom is -0.493 e. The van der Waals surface area contributed by atoms with E-state index in [1.54, 1.807) is 12.1 Å². The van der Waals surface area contributed by atoms with E-state index < -0.39 is 0 Å². The van der Waals surface area contributed by atoms with Gasteiger partial charge in [0, 0.05) is 18.3 Å². The molecule has 2 rings (SSSR count). The lowest BCUT2D eigenvalue weighted by Crippen LogP contribution is -2.55. The van der Waals surface area contributed by atoms with E-state index in [1.807, 2.05) is 30.9 Å². The Kier molecular flexibility index (Phi) is 4.49. The standard InChI is InChI=1S/C15H22N2O3/c1-15(2)11-19-9-7-17(15)14(18)6-8-20-13-5-3-4-12(16)10-13/h3-5,10H,6-9,11,16H2,1-2H3. The molecule has 0 saturated carbocycles. The number of rotatable bonds is 4. The van der Waals surface area contributed by atoms with Gasteiger partial charge in [0.05, 0.1) is 31.8 Å². The molecule has 5 heteroatoms. The number of ether oxygens (including phenoxy) is 2. The van der Waals surface area contributed by atoms with Crippen LogP contribution in [0.15, 0.2) is 24.3 Å². The first kappa shape index (κ1) is 14.7. The Bertz CT molecular complexity index is 474. The minimum atomic E-state index is -0.244. The molecule has 0 aromatic heterocycles. The number of benzene rings is 1. The van der Waals surface area contributed by atoms with E-state index in [4.69, 9.17) is 15.2 Å². The van der Waals surface area contributed by atoms with Gasteiger partial charge in [0.15, 0.2) is 0 Å². The molecule has 1 aromatic carbocycles. The van der Waals surface area contributed by atoms with Crippen LogP contribution in [0.2, 0.25) is 0 Å². The smallest absolute Gasteiger partial charge is 0.226 e. The van der Waals surface area contributed by atoms with Gasteiger partial charge in [0.25, 0.3) is 0 Å². The molecule has 1 saturated heterocycles. The number of carbonyl (C=O) groups excluding carboxylic acids is 1. The summed E-state index contributed by atoms with van der Waals surface area (Å²) in [5.74, 6) is 0.793. The van der Waals surface area contributed by atoms with Crippen molar-refractivity contribution >= 4 is 11.6 Å². The van der Waals surface area contributed by atoms with Crippen molar-refractivity contribution < 1.29 is 14.3 Å². The molecule has 110 valence electrons. The Hall–Kier alpha value is -1.75. The van der Waals surface area contributed by atoms with Crippen LogP contribution in [-0.2, 0) is 9.53 Å². The van der Waals surface area contributed by atoms with Gasteiger partial charge >= 0.3 is 0 Å². The summed E-state index contributed by atoms with van der Waals surface area (Å²) < 4.78 is 11.0. The number of morpholine rings is 1. The van der Waals surface area contributed by atoms with Gasteiger partial charge in [-0.05, 0) is 26.0 Å². The number of nitrogens with zero attached hydrogens (tertiary/aromatic N) is 1. The van der Waals surface area contributed by atoms with Crippen LogP contribution >= 0.6 is 0 Å². The molecule has 1 aliphatic rings. The summed E-state index contributed by atoms with van der Waals surface area (Å²) in [5, 5.41) is 0. The largest absolute Gasteiger partial charge is 0.493 e. The van der Waals surface area contributed by atoms with Crippen molar-refractivity contribution in [3.8, 4) is 5.75 Å². The maximum absolute atomic E-state index is 12.2. The lowest BCUT2D eigenvalue weighted by atomic mass is 10.0. The highest BCUT2D eigenvalue weighted by molar-refractivity contribution is 5.77. The number of amides is 1. The fourth-order valence-electron chi connectivity index (χ4n) is 2.32. The van der Waals surface area contributed by atoms with Crippen LogP contribution in [0.1, 0.15) is 20.3 Å². The Labute approximate surface area is 119 Å². The monoisotopic (exact) mass is 278 g/mol. The average molecular weight is 278 g/mol. The highest BCUT2D eigenvalue weighted by Gasteiger charge is 2.33. The zero-order valence-electron chi connectivity index (χ0n) is 12.1. The Morgan fingerprint density at radius 2 is 2.30 bits per heavy atom. The molecular formula is C15H22N2O3. The van der Waals surface area contributed by atoms with Gasteiger partial charge in [-0.2, -0.15) is 0 Å². The lowest BCUT2D eigenvalue weighted by Gasteiger charge is -2.42. The lowest BCUT2D eigenvalue weighted by molar-refractivity contribution is -0.146. The number of carbonyl (C=O) groups is 1. The molecule has 20 heavy (non-hydrogen) atoms. The van der Waals surface area contributed by atoms with Gasteiger partial charge in [-0.15, -0.1) is 0 Å². The summed E-state index contributed by atoms with van der Waals surface area (Å²) in [7, 11) is 0.